The second kappa shape index (κ2) is 58.9. The third kappa shape index (κ3) is 38.3. The maximum Gasteiger partial charge on any atom is 0.326 e. The lowest BCUT2D eigenvalue weighted by Crippen LogP contribution is -2.63. The molecule has 0 bridgehead atoms. The molecule has 0 aliphatic carbocycles. The molecule has 150 heavy (non-hydrogen) atoms. The lowest BCUT2D eigenvalue weighted by atomic mass is 9.96. The summed E-state index contributed by atoms with van der Waals surface area (Å²) in [6.45, 7) is 15.8. The first-order valence-electron chi connectivity index (χ1n) is 49.5. The molecule has 3 heterocycles. The number of nitrogens with two attached hydrogens (primary N) is 2. The molecule has 1 saturated heterocycles. The van der Waals surface area contributed by atoms with Crippen molar-refractivity contribution < 1.29 is 132 Å². The molecule has 1 fully saturated rings. The maximum atomic E-state index is 15.1. The zero-order valence-corrected chi connectivity index (χ0v) is 85.7. The van der Waals surface area contributed by atoms with Crippen LogP contribution in [-0.2, 0) is 128 Å². The van der Waals surface area contributed by atoms with Crippen LogP contribution in [0.25, 0.3) is 10.9 Å². The van der Waals surface area contributed by atoms with Crippen LogP contribution in [0.5, 0.6) is 11.5 Å². The van der Waals surface area contributed by atoms with E-state index in [4.69, 9.17) is 11.5 Å². The third-order valence-corrected chi connectivity index (χ3v) is 24.9. The van der Waals surface area contributed by atoms with E-state index < -0.39 is 290 Å². The van der Waals surface area contributed by atoms with Gasteiger partial charge >= 0.3 is 11.9 Å². The third-order valence-electron chi connectivity index (χ3n) is 24.9. The average Bonchev–Trinajstić information content (AvgIpc) is 1.65. The van der Waals surface area contributed by atoms with E-state index in [1.165, 1.54) is 88.8 Å². The Labute approximate surface area is 865 Å². The number of hydrogen-bond acceptors (Lipinski definition) is 27. The lowest BCUT2D eigenvalue weighted by molar-refractivity contribution is -0.143. The Morgan fingerprint density at radius 2 is 0.873 bits per heavy atom. The van der Waals surface area contributed by atoms with Crippen LogP contribution in [0.4, 0.5) is 0 Å². The van der Waals surface area contributed by atoms with Crippen LogP contribution in [-0.4, -0.2) is 309 Å². The number of carboxylic acids is 2. The van der Waals surface area contributed by atoms with Gasteiger partial charge in [-0.1, -0.05) is 148 Å². The Bertz CT molecular complexity index is 5650. The fourth-order valence-corrected chi connectivity index (χ4v) is 16.4. The Hall–Kier alpha value is -15.5. The summed E-state index contributed by atoms with van der Waals surface area (Å²) in [6.07, 6.45) is -2.34. The number of aliphatic hydroxyl groups is 3. The van der Waals surface area contributed by atoms with Gasteiger partial charge in [-0.15, -0.1) is 0 Å². The minimum atomic E-state index is -1.92. The number of aliphatic hydroxyl groups excluding tert-OH is 3. The highest BCUT2D eigenvalue weighted by Gasteiger charge is 2.43. The van der Waals surface area contributed by atoms with E-state index in [0.717, 1.165) is 18.7 Å². The number of nitrogens with zero attached hydrogens (tertiary/aromatic N) is 2. The molecule has 0 saturated carbocycles. The summed E-state index contributed by atoms with van der Waals surface area (Å²) in [4.78, 5) is 292. The van der Waals surface area contributed by atoms with Gasteiger partial charge in [0.1, 0.15) is 102 Å². The first-order valence-corrected chi connectivity index (χ1v) is 49.5. The summed E-state index contributed by atoms with van der Waals surface area (Å²) in [5.41, 5.74) is 14.7. The van der Waals surface area contributed by atoms with Gasteiger partial charge in [0.25, 0.3) is 0 Å². The number of carboxylic acid groups (broad SMARTS) is 2. The number of H-pyrrole nitrogens is 2. The van der Waals surface area contributed by atoms with Crippen LogP contribution in [0.15, 0.2) is 122 Å². The number of rotatable bonds is 60. The number of amides is 18. The predicted molar refractivity (Wildman–Crippen MR) is 541 cm³/mol. The van der Waals surface area contributed by atoms with Gasteiger partial charge in [-0.25, -0.2) is 9.78 Å². The van der Waals surface area contributed by atoms with Gasteiger partial charge in [0.15, 0.2) is 0 Å². The molecule has 29 N–H and O–H groups in total. The number of nitrogens with one attached hydrogen (secondary N) is 18. The number of primary amides is 1. The number of imidazole rings is 1. The number of aliphatic carboxylic acids is 2. The normalized spacial score (nSPS) is 16.0. The van der Waals surface area contributed by atoms with Gasteiger partial charge in [0, 0.05) is 61.9 Å². The average molecular weight is 2100 g/mol. The van der Waals surface area contributed by atoms with Crippen molar-refractivity contribution in [1.29, 1.82) is 0 Å². The molecule has 18 amide bonds. The second-order valence-electron chi connectivity index (χ2n) is 38.8. The zero-order valence-electron chi connectivity index (χ0n) is 85.7. The predicted octanol–water partition coefficient (Wildman–Crippen LogP) is -3.82. The number of aromatic amines is 2. The number of aromatic hydroxyl groups is 2. The van der Waals surface area contributed by atoms with E-state index in [1.807, 2.05) is 0 Å². The Morgan fingerprint density at radius 3 is 1.41 bits per heavy atom. The molecule has 19 atom stereocenters. The zero-order chi connectivity index (χ0) is 111. The summed E-state index contributed by atoms with van der Waals surface area (Å²) in [7, 11) is 0. The number of carbonyl (C=O) groups excluding carboxylic acids is 18. The number of fused-ring (bicyclic) bond motifs is 1. The second-order valence-corrected chi connectivity index (χ2v) is 38.8. The highest BCUT2D eigenvalue weighted by Crippen LogP contribution is 2.24. The summed E-state index contributed by atoms with van der Waals surface area (Å²) in [5, 5.41) is 112. The summed E-state index contributed by atoms with van der Waals surface area (Å²) < 4.78 is 0. The van der Waals surface area contributed by atoms with Crippen LogP contribution in [0, 0.1) is 29.6 Å². The highest BCUT2D eigenvalue weighted by atomic mass is 16.4. The molecule has 7 rings (SSSR count). The topological polar surface area (TPSA) is 775 Å². The van der Waals surface area contributed by atoms with Crippen LogP contribution < -0.4 is 96.5 Å². The number of phenols is 2. The maximum absolute atomic E-state index is 15.1. The summed E-state index contributed by atoms with van der Waals surface area (Å²) in [5.74, 6) is -24.1. The van der Waals surface area contributed by atoms with Gasteiger partial charge in [0.2, 0.25) is 106 Å². The minimum absolute atomic E-state index is 0.0196. The van der Waals surface area contributed by atoms with Gasteiger partial charge < -0.3 is 147 Å². The molecular formula is C101H142N22O27. The number of likely N-dealkylation sites (tertiary alicyclic amines) is 1. The van der Waals surface area contributed by atoms with Crippen molar-refractivity contribution in [2.24, 2.45) is 41.1 Å². The van der Waals surface area contributed by atoms with Gasteiger partial charge in [-0.3, -0.25) is 91.1 Å². The van der Waals surface area contributed by atoms with Crippen LogP contribution >= 0.6 is 0 Å². The quantitative estimate of drug-likeness (QED) is 0.0174. The van der Waals surface area contributed by atoms with E-state index >= 15 is 14.4 Å². The summed E-state index contributed by atoms with van der Waals surface area (Å²) >= 11 is 0. The van der Waals surface area contributed by atoms with Crippen molar-refractivity contribution >= 4 is 129 Å². The van der Waals surface area contributed by atoms with Crippen molar-refractivity contribution in [1.82, 2.24) is 105 Å². The largest absolute Gasteiger partial charge is 0.508 e. The highest BCUT2D eigenvalue weighted by molar-refractivity contribution is 6.03. The standard InChI is InChI=1S/C101H142N22O27/c1-13-54(10)83(121-93(141)73(43-77(103)129)113-90(138)70(39-57-20-15-14-16-21-57)111-91(139)72(42-61-45-104-49-108-61)112-88(136)67(33-34-80(132)133)109-89(137)69(40-59-27-31-63(128)32-28-59)110-86(134)65(102)38-58-25-29-62(127)30-26-58)98(146)115-71(41-60-44-105-66-23-18-17-22-64(60)66)87(135)107-47-79(131)123-35-19-24-76(123)95(143)106-46-78(130)118-84(55(11)125)99(147)114-68(36-50(2)3)92(140)119-82(53(8)9)97(145)122-85(56(12)126)100(148)120-81(52(6)7)96(144)117-75(48-124)94(142)116-74(101(149)150)37-51(4)5/h14-18,20-23,25-32,44-45,49-56,65,67-76,81-85,105,124-128H,13,19,24,33-43,46-48,102H2,1-12H3,(H2,103,129)(H,104,108)(H,106,143)(H,107,135)(H,109,137)(H,110,134)(H,111,139)(H,112,136)(H,113,138)(H,114,147)(H,115,146)(H,116,142)(H,117,144)(H,118,130)(H,119,140)(H,120,148)(H,121,141)(H,122,145)(H,132,133)(H,149,150)/t54-,55+,56+,65-,67-,68-,69-,70-,71-,72-,73-,74-,75-,76-,81-,82-,83-,84-,85-/m0/s1. The van der Waals surface area contributed by atoms with Crippen molar-refractivity contribution in [3.63, 3.8) is 0 Å². The minimum Gasteiger partial charge on any atom is -0.508 e. The molecule has 6 aromatic rings. The first kappa shape index (κ1) is 121. The number of benzene rings is 4. The summed E-state index contributed by atoms with van der Waals surface area (Å²) in [6, 6.07) is 1.02. The Kier molecular flexibility index (Phi) is 47.6. The van der Waals surface area contributed by atoms with Gasteiger partial charge in [0.05, 0.1) is 56.4 Å². The molecule has 0 radical (unpaired) electrons. The Morgan fingerprint density at radius 1 is 0.440 bits per heavy atom. The molecule has 2 aromatic heterocycles. The van der Waals surface area contributed by atoms with Crippen LogP contribution in [0.2, 0.25) is 0 Å². The number of phenolic OH excluding ortho intramolecular Hbond substituents is 2. The fourth-order valence-electron chi connectivity index (χ4n) is 16.4. The SMILES string of the molecule is CC[C@H](C)[C@H](NC(=O)[C@H](CC(N)=O)NC(=O)[C@H](Cc1ccccc1)NC(=O)[C@H](Cc1c[nH]cn1)NC(=O)[C@H](CCC(=O)O)NC(=O)[C@H](Cc1ccc(O)cc1)NC(=O)[C@@H](N)Cc1ccc(O)cc1)C(=O)N[C@@H](Cc1c[nH]c2ccccc12)C(=O)NCC(=O)N1CCC[C@H]1C(=O)NCC(=O)N[C@H](C(=O)N[C@@H](CC(C)C)C(=O)N[C@H](C(=O)N[C@H](C(=O)N[C@H](C(=O)N[C@@H](CO)C(=O)N[C@@H](CC(C)C)C(=O)O)C(C)C)[C@@H](C)O)C(C)C)[C@@H](C)O. The van der Waals surface area contributed by atoms with E-state index in [-0.39, 0.29) is 93.4 Å². The monoisotopic (exact) mass is 2100 g/mol. The van der Waals surface area contributed by atoms with Crippen molar-refractivity contribution in [2.45, 2.75) is 275 Å². The van der Waals surface area contributed by atoms with E-state index in [0.29, 0.717) is 33.2 Å². The molecule has 0 spiro atoms. The number of hydrogen-bond donors (Lipinski definition) is 27. The van der Waals surface area contributed by atoms with Crippen LogP contribution in [0.1, 0.15) is 162 Å². The number of aromatic nitrogens is 3. The molecule has 49 heteroatoms. The molecule has 1 aliphatic heterocycles. The van der Waals surface area contributed by atoms with Crippen LogP contribution in [0.3, 0.4) is 0 Å². The van der Waals surface area contributed by atoms with E-state index in [1.54, 1.807) is 102 Å². The fraction of sp³-hybridized carbons (Fsp3) is 0.515. The lowest BCUT2D eigenvalue weighted by Gasteiger charge is -2.30. The number of carbonyl (C=O) groups is 20. The van der Waals surface area contributed by atoms with E-state index in [9.17, 15) is 117 Å². The first-order chi connectivity index (χ1) is 70.8. The van der Waals surface area contributed by atoms with E-state index in [2.05, 4.69) is 100 Å². The van der Waals surface area contributed by atoms with Gasteiger partial charge in [-0.2, -0.15) is 0 Å². The molecule has 1 aliphatic rings. The Balaban J connectivity index is 1.02. The molecule has 49 nitrogen and oxygen atoms in total. The smallest absolute Gasteiger partial charge is 0.326 e. The number of para-hydroxylation sites is 1. The van der Waals surface area contributed by atoms with Crippen molar-refractivity contribution in [3.8, 4) is 11.5 Å². The molecular weight excluding hydrogens is 1950 g/mol. The van der Waals surface area contributed by atoms with Crippen molar-refractivity contribution in [3.05, 3.63) is 150 Å². The molecule has 0 unspecified atom stereocenters. The van der Waals surface area contributed by atoms with Crippen molar-refractivity contribution in [2.75, 3.05) is 26.2 Å². The molecule has 818 valence electrons. The van der Waals surface area contributed by atoms with Gasteiger partial charge in [-0.05, 0) is 135 Å². The molecule has 4 aromatic carbocycles.